The van der Waals surface area contributed by atoms with E-state index in [0.29, 0.717) is 18.6 Å². The van der Waals surface area contributed by atoms with Gasteiger partial charge in [0.2, 0.25) is 6.29 Å². The quantitative estimate of drug-likeness (QED) is 0.556. The molecule has 1 saturated heterocycles. The van der Waals surface area contributed by atoms with Crippen molar-refractivity contribution in [2.45, 2.75) is 50.5 Å². The molecule has 1 aromatic carbocycles. The molecule has 1 heterocycles. The Bertz CT molecular complexity index is 582. The Morgan fingerprint density at radius 1 is 1.16 bits per heavy atom. The Hall–Kier alpha value is -1.77. The molecule has 7 nitrogen and oxygen atoms in total. The van der Waals surface area contributed by atoms with Crippen molar-refractivity contribution in [1.82, 2.24) is 0 Å². The number of rotatable bonds is 7. The van der Waals surface area contributed by atoms with Crippen LogP contribution in [-0.2, 0) is 9.53 Å². The van der Waals surface area contributed by atoms with Crippen molar-refractivity contribution in [3.8, 4) is 5.75 Å². The van der Waals surface area contributed by atoms with Crippen molar-refractivity contribution >= 4 is 11.9 Å². The van der Waals surface area contributed by atoms with Gasteiger partial charge in [-0.3, -0.25) is 0 Å². The van der Waals surface area contributed by atoms with E-state index in [0.717, 1.165) is 5.56 Å². The zero-order chi connectivity index (χ0) is 18.4. The first kappa shape index (κ1) is 19.6. The van der Waals surface area contributed by atoms with Crippen molar-refractivity contribution in [2.75, 3.05) is 6.61 Å². The van der Waals surface area contributed by atoms with Gasteiger partial charge in [0.15, 0.2) is 0 Å². The van der Waals surface area contributed by atoms with Crippen LogP contribution in [-0.4, -0.2) is 63.5 Å². The van der Waals surface area contributed by atoms with Gasteiger partial charge in [-0.25, -0.2) is 0 Å². The largest absolute Gasteiger partial charge is 0.462 e. The minimum Gasteiger partial charge on any atom is -0.462 e. The fourth-order valence-electron chi connectivity index (χ4n) is 2.46. The van der Waals surface area contributed by atoms with Crippen molar-refractivity contribution in [2.24, 2.45) is 0 Å². The molecule has 0 aliphatic carbocycles. The fourth-order valence-corrected chi connectivity index (χ4v) is 2.46. The van der Waals surface area contributed by atoms with Gasteiger partial charge >= 0.3 is 0 Å². The smallest absolute Gasteiger partial charge is 0.229 e. The summed E-state index contributed by atoms with van der Waals surface area (Å²) in [5.74, 6) is 0.554. The molecule has 0 amide bonds. The number of ether oxygens (including phenoxy) is 2. The van der Waals surface area contributed by atoms with Crippen LogP contribution in [0.1, 0.15) is 25.3 Å². The Morgan fingerprint density at radius 2 is 1.84 bits per heavy atom. The SMILES string of the molecule is CC(=O)CC/C=C/c1ccc(O[C@@H]2O[C@H](CO)[C@@H](O)[C@H](O)[C@H]2O)cc1. The van der Waals surface area contributed by atoms with Crippen LogP contribution in [0.4, 0.5) is 0 Å². The van der Waals surface area contributed by atoms with Gasteiger partial charge in [-0.2, -0.15) is 0 Å². The van der Waals surface area contributed by atoms with Crippen LogP contribution >= 0.6 is 0 Å². The molecular weight excluding hydrogens is 328 g/mol. The predicted octanol–water partition coefficient (Wildman–Crippen LogP) is 0.248. The van der Waals surface area contributed by atoms with Crippen LogP contribution < -0.4 is 4.74 Å². The maximum atomic E-state index is 10.9. The molecule has 4 N–H and O–H groups in total. The van der Waals surface area contributed by atoms with Crippen LogP contribution in [0, 0.1) is 0 Å². The molecule has 0 spiro atoms. The third-order valence-electron chi connectivity index (χ3n) is 3.95. The summed E-state index contributed by atoms with van der Waals surface area (Å²) < 4.78 is 10.8. The molecule has 0 radical (unpaired) electrons. The molecule has 138 valence electrons. The average molecular weight is 352 g/mol. The molecule has 5 atom stereocenters. The normalized spacial score (nSPS) is 29.7. The third kappa shape index (κ3) is 5.35. The predicted molar refractivity (Wildman–Crippen MR) is 89.8 cm³/mol. The molecule has 1 fully saturated rings. The number of carbonyl (C=O) groups is 1. The lowest BCUT2D eigenvalue weighted by Gasteiger charge is -2.39. The maximum Gasteiger partial charge on any atom is 0.229 e. The van der Waals surface area contributed by atoms with E-state index < -0.39 is 37.3 Å². The standard InChI is InChI=1S/C18H24O7/c1-11(20)4-2-3-5-12-6-8-13(9-7-12)24-18-17(23)16(22)15(21)14(10-19)25-18/h3,5-9,14-19,21-23H,2,4,10H2,1H3/b5-3+/t14-,15-,16+,17-,18-/m1/s1. The number of ketones is 1. The molecule has 1 aromatic rings. The molecule has 25 heavy (non-hydrogen) atoms. The molecule has 0 bridgehead atoms. The minimum absolute atomic E-state index is 0.146. The molecule has 0 saturated carbocycles. The summed E-state index contributed by atoms with van der Waals surface area (Å²) in [5.41, 5.74) is 0.921. The Kier molecular flexibility index (Phi) is 7.10. The number of hydrogen-bond acceptors (Lipinski definition) is 7. The lowest BCUT2D eigenvalue weighted by atomic mass is 9.99. The van der Waals surface area contributed by atoms with E-state index in [9.17, 15) is 20.1 Å². The van der Waals surface area contributed by atoms with Gasteiger partial charge in [0, 0.05) is 6.42 Å². The number of hydrogen-bond donors (Lipinski definition) is 4. The molecule has 0 aromatic heterocycles. The molecule has 0 unspecified atom stereocenters. The van der Waals surface area contributed by atoms with Gasteiger partial charge in [0.1, 0.15) is 35.9 Å². The highest BCUT2D eigenvalue weighted by Gasteiger charge is 2.44. The number of carbonyl (C=O) groups excluding carboxylic acids is 1. The van der Waals surface area contributed by atoms with Crippen molar-refractivity contribution in [3.63, 3.8) is 0 Å². The summed E-state index contributed by atoms with van der Waals surface area (Å²) in [6.07, 6.45) is -1.55. The Morgan fingerprint density at radius 3 is 2.44 bits per heavy atom. The second-order valence-corrected chi connectivity index (χ2v) is 6.03. The first-order valence-electron chi connectivity index (χ1n) is 8.15. The number of aliphatic hydroxyl groups is 4. The van der Waals surface area contributed by atoms with Gasteiger partial charge in [-0.15, -0.1) is 0 Å². The van der Waals surface area contributed by atoms with E-state index in [1.54, 1.807) is 31.2 Å². The molecule has 1 aliphatic heterocycles. The third-order valence-corrected chi connectivity index (χ3v) is 3.95. The van der Waals surface area contributed by atoms with Crippen LogP contribution in [0.3, 0.4) is 0 Å². The van der Waals surface area contributed by atoms with Crippen molar-refractivity contribution in [3.05, 3.63) is 35.9 Å². The van der Waals surface area contributed by atoms with Crippen LogP contribution in [0.2, 0.25) is 0 Å². The number of benzene rings is 1. The van der Waals surface area contributed by atoms with Crippen molar-refractivity contribution in [1.29, 1.82) is 0 Å². The fraction of sp³-hybridized carbons (Fsp3) is 0.500. The molecule has 1 aliphatic rings. The second kappa shape index (κ2) is 9.07. The van der Waals surface area contributed by atoms with E-state index in [4.69, 9.17) is 14.6 Å². The molecule has 2 rings (SSSR count). The summed E-state index contributed by atoms with van der Waals surface area (Å²) in [6, 6.07) is 6.94. The number of allylic oxidation sites excluding steroid dienone is 1. The summed E-state index contributed by atoms with van der Waals surface area (Å²) in [5, 5.41) is 38.6. The van der Waals surface area contributed by atoms with E-state index >= 15 is 0 Å². The first-order valence-corrected chi connectivity index (χ1v) is 8.15. The van der Waals surface area contributed by atoms with Crippen LogP contribution in [0.5, 0.6) is 5.75 Å². The summed E-state index contributed by atoms with van der Waals surface area (Å²) in [6.45, 7) is 1.05. The topological polar surface area (TPSA) is 116 Å². The lowest BCUT2D eigenvalue weighted by molar-refractivity contribution is -0.277. The van der Waals surface area contributed by atoms with Crippen LogP contribution in [0.25, 0.3) is 6.08 Å². The Labute approximate surface area is 146 Å². The van der Waals surface area contributed by atoms with Gasteiger partial charge in [-0.1, -0.05) is 24.3 Å². The summed E-state index contributed by atoms with van der Waals surface area (Å²) >= 11 is 0. The number of Topliss-reactive ketones (excluding diaryl/α,β-unsaturated/α-hetero) is 1. The summed E-state index contributed by atoms with van der Waals surface area (Å²) in [4.78, 5) is 10.9. The Balaban J connectivity index is 1.95. The lowest BCUT2D eigenvalue weighted by Crippen LogP contribution is -2.60. The second-order valence-electron chi connectivity index (χ2n) is 6.03. The highest BCUT2D eigenvalue weighted by atomic mass is 16.7. The van der Waals surface area contributed by atoms with Gasteiger partial charge in [-0.05, 0) is 31.0 Å². The van der Waals surface area contributed by atoms with E-state index in [1.165, 1.54) is 0 Å². The molecule has 7 heteroatoms. The van der Waals surface area contributed by atoms with Gasteiger partial charge in [0.05, 0.1) is 6.61 Å². The zero-order valence-corrected chi connectivity index (χ0v) is 14.0. The van der Waals surface area contributed by atoms with E-state index in [1.807, 2.05) is 12.2 Å². The van der Waals surface area contributed by atoms with Gasteiger partial charge in [0.25, 0.3) is 0 Å². The maximum absolute atomic E-state index is 10.9. The minimum atomic E-state index is -1.47. The van der Waals surface area contributed by atoms with Crippen LogP contribution in [0.15, 0.2) is 30.3 Å². The zero-order valence-electron chi connectivity index (χ0n) is 14.0. The van der Waals surface area contributed by atoms with Gasteiger partial charge < -0.3 is 34.7 Å². The average Bonchev–Trinajstić information content (AvgIpc) is 2.60. The number of aliphatic hydroxyl groups excluding tert-OH is 4. The molecular formula is C18H24O7. The first-order chi connectivity index (χ1) is 11.9. The summed E-state index contributed by atoms with van der Waals surface area (Å²) in [7, 11) is 0. The monoisotopic (exact) mass is 352 g/mol. The van der Waals surface area contributed by atoms with E-state index in [2.05, 4.69) is 0 Å². The highest BCUT2D eigenvalue weighted by Crippen LogP contribution is 2.24. The van der Waals surface area contributed by atoms with E-state index in [-0.39, 0.29) is 5.78 Å². The highest BCUT2D eigenvalue weighted by molar-refractivity contribution is 5.75. The van der Waals surface area contributed by atoms with Crippen molar-refractivity contribution < 1.29 is 34.7 Å².